The third-order valence-electron chi connectivity index (χ3n) is 3.82. The van der Waals surface area contributed by atoms with E-state index >= 15 is 0 Å². The average molecular weight is 360 g/mol. The molecule has 0 aromatic heterocycles. The van der Waals surface area contributed by atoms with Gasteiger partial charge in [-0.3, -0.25) is 4.79 Å². The van der Waals surface area contributed by atoms with Gasteiger partial charge in [0.15, 0.2) is 0 Å². The molecule has 0 saturated carbocycles. The number of benzene rings is 2. The second kappa shape index (κ2) is 8.78. The number of unbranched alkanes of at least 4 members (excludes halogenated alkanes) is 1. The number of hydrogen-bond donors (Lipinski definition) is 2. The van der Waals surface area contributed by atoms with Crippen molar-refractivity contribution in [3.63, 3.8) is 0 Å². The second-order valence-electron chi connectivity index (χ2n) is 5.95. The fourth-order valence-corrected chi connectivity index (χ4v) is 3.56. The molecule has 5 nitrogen and oxygen atoms in total. The first-order valence-corrected chi connectivity index (χ1v) is 9.88. The van der Waals surface area contributed by atoms with Gasteiger partial charge in [0.25, 0.3) is 0 Å². The molecule has 0 bridgehead atoms. The molecule has 0 fully saturated rings. The van der Waals surface area contributed by atoms with E-state index in [1.54, 1.807) is 18.2 Å². The van der Waals surface area contributed by atoms with E-state index in [0.717, 1.165) is 19.3 Å². The van der Waals surface area contributed by atoms with Crippen LogP contribution in [0.5, 0.6) is 0 Å². The van der Waals surface area contributed by atoms with E-state index in [4.69, 9.17) is 0 Å². The van der Waals surface area contributed by atoms with Gasteiger partial charge in [-0.15, -0.1) is 0 Å². The lowest BCUT2D eigenvalue weighted by molar-refractivity contribution is -0.117. The minimum Gasteiger partial charge on any atom is -0.325 e. The van der Waals surface area contributed by atoms with E-state index in [2.05, 4.69) is 17.0 Å². The lowest BCUT2D eigenvalue weighted by Gasteiger charge is -2.14. The SMILES string of the molecule is CCCCc1ccc(NC(=O)[C@H](C)NS(=O)(=O)c2ccccc2)cc1. The van der Waals surface area contributed by atoms with Crippen LogP contribution in [0.3, 0.4) is 0 Å². The second-order valence-corrected chi connectivity index (χ2v) is 7.66. The van der Waals surface area contributed by atoms with Crippen LogP contribution in [0.15, 0.2) is 59.5 Å². The van der Waals surface area contributed by atoms with E-state index in [9.17, 15) is 13.2 Å². The summed E-state index contributed by atoms with van der Waals surface area (Å²) in [4.78, 5) is 12.4. The summed E-state index contributed by atoms with van der Waals surface area (Å²) in [5.74, 6) is -0.402. The van der Waals surface area contributed by atoms with Crippen LogP contribution in [0.1, 0.15) is 32.3 Å². The molecule has 6 heteroatoms. The monoisotopic (exact) mass is 360 g/mol. The molecule has 2 rings (SSSR count). The number of anilines is 1. The highest BCUT2D eigenvalue weighted by molar-refractivity contribution is 7.89. The third-order valence-corrected chi connectivity index (χ3v) is 5.38. The van der Waals surface area contributed by atoms with Crippen molar-refractivity contribution in [2.24, 2.45) is 0 Å². The summed E-state index contributed by atoms with van der Waals surface area (Å²) >= 11 is 0. The van der Waals surface area contributed by atoms with Crippen molar-refractivity contribution < 1.29 is 13.2 Å². The van der Waals surface area contributed by atoms with Gasteiger partial charge < -0.3 is 5.32 Å². The van der Waals surface area contributed by atoms with E-state index in [1.165, 1.54) is 24.6 Å². The highest BCUT2D eigenvalue weighted by atomic mass is 32.2. The van der Waals surface area contributed by atoms with Crippen molar-refractivity contribution in [2.45, 2.75) is 44.0 Å². The normalized spacial score (nSPS) is 12.6. The summed E-state index contributed by atoms with van der Waals surface area (Å²) in [6, 6.07) is 14.7. The van der Waals surface area contributed by atoms with E-state index in [1.807, 2.05) is 24.3 Å². The maximum atomic E-state index is 12.3. The Kier molecular flexibility index (Phi) is 6.73. The Hall–Kier alpha value is -2.18. The topological polar surface area (TPSA) is 75.3 Å². The van der Waals surface area contributed by atoms with Gasteiger partial charge >= 0.3 is 0 Å². The van der Waals surface area contributed by atoms with Gasteiger partial charge in [0.05, 0.1) is 10.9 Å². The van der Waals surface area contributed by atoms with Crippen LogP contribution in [0.4, 0.5) is 5.69 Å². The van der Waals surface area contributed by atoms with Gasteiger partial charge in [-0.05, 0) is 49.6 Å². The van der Waals surface area contributed by atoms with Gasteiger partial charge in [-0.25, -0.2) is 8.42 Å². The summed E-state index contributed by atoms with van der Waals surface area (Å²) in [7, 11) is -3.72. The summed E-state index contributed by atoms with van der Waals surface area (Å²) in [6.07, 6.45) is 3.28. The number of carbonyl (C=O) groups is 1. The number of rotatable bonds is 8. The number of hydrogen-bond acceptors (Lipinski definition) is 3. The molecule has 0 radical (unpaired) electrons. The van der Waals surface area contributed by atoms with Crippen LogP contribution in [0.2, 0.25) is 0 Å². The minimum absolute atomic E-state index is 0.134. The predicted octanol–water partition coefficient (Wildman–Crippen LogP) is 3.33. The maximum Gasteiger partial charge on any atom is 0.242 e. The number of amides is 1. The molecule has 25 heavy (non-hydrogen) atoms. The lowest BCUT2D eigenvalue weighted by Crippen LogP contribution is -2.41. The van der Waals surface area contributed by atoms with Crippen LogP contribution < -0.4 is 10.0 Å². The molecule has 2 aromatic rings. The number of nitrogens with one attached hydrogen (secondary N) is 2. The smallest absolute Gasteiger partial charge is 0.242 e. The van der Waals surface area contributed by atoms with Gasteiger partial charge in [0, 0.05) is 5.69 Å². The fourth-order valence-electron chi connectivity index (χ4n) is 2.34. The molecule has 2 aromatic carbocycles. The standard InChI is InChI=1S/C19H24N2O3S/c1-3-4-8-16-11-13-17(14-12-16)20-19(22)15(2)21-25(23,24)18-9-6-5-7-10-18/h5-7,9-15,21H,3-4,8H2,1-2H3,(H,20,22)/t15-/m0/s1. The zero-order valence-electron chi connectivity index (χ0n) is 14.5. The van der Waals surface area contributed by atoms with Crippen LogP contribution in [0, 0.1) is 0 Å². The first-order chi connectivity index (χ1) is 11.9. The molecule has 1 atom stereocenters. The Morgan fingerprint density at radius 3 is 2.28 bits per heavy atom. The predicted molar refractivity (Wildman–Crippen MR) is 99.9 cm³/mol. The van der Waals surface area contributed by atoms with Gasteiger partial charge in [-0.2, -0.15) is 4.72 Å². The maximum absolute atomic E-state index is 12.3. The first kappa shape index (κ1) is 19.1. The number of aryl methyl sites for hydroxylation is 1. The highest BCUT2D eigenvalue weighted by Gasteiger charge is 2.21. The van der Waals surface area contributed by atoms with Crippen LogP contribution in [-0.2, 0) is 21.2 Å². The van der Waals surface area contributed by atoms with Crippen molar-refractivity contribution >= 4 is 21.6 Å². The van der Waals surface area contributed by atoms with E-state index < -0.39 is 22.0 Å². The van der Waals surface area contributed by atoms with E-state index in [-0.39, 0.29) is 4.90 Å². The molecule has 0 saturated heterocycles. The highest BCUT2D eigenvalue weighted by Crippen LogP contribution is 2.13. The summed E-state index contributed by atoms with van der Waals surface area (Å²) in [5.41, 5.74) is 1.87. The zero-order chi connectivity index (χ0) is 18.3. The fraction of sp³-hybridized carbons (Fsp3) is 0.316. The molecule has 0 spiro atoms. The molecule has 134 valence electrons. The van der Waals surface area contributed by atoms with Gasteiger partial charge in [-0.1, -0.05) is 43.7 Å². The van der Waals surface area contributed by atoms with Crippen molar-refractivity contribution in [2.75, 3.05) is 5.32 Å². The Morgan fingerprint density at radius 1 is 1.04 bits per heavy atom. The molecule has 1 amide bonds. The van der Waals surface area contributed by atoms with Crippen LogP contribution >= 0.6 is 0 Å². The van der Waals surface area contributed by atoms with Gasteiger partial charge in [0.1, 0.15) is 0 Å². The number of carbonyl (C=O) groups excluding carboxylic acids is 1. The largest absolute Gasteiger partial charge is 0.325 e. The molecule has 0 aliphatic carbocycles. The quantitative estimate of drug-likeness (QED) is 0.758. The summed E-state index contributed by atoms with van der Waals surface area (Å²) in [6.45, 7) is 3.66. The Morgan fingerprint density at radius 2 is 1.68 bits per heavy atom. The lowest BCUT2D eigenvalue weighted by atomic mass is 10.1. The molecule has 0 heterocycles. The Balaban J connectivity index is 1.96. The molecular weight excluding hydrogens is 336 g/mol. The molecule has 2 N–H and O–H groups in total. The number of sulfonamides is 1. The molecule has 0 aliphatic rings. The summed E-state index contributed by atoms with van der Waals surface area (Å²) < 4.78 is 26.9. The third kappa shape index (κ3) is 5.69. The molecular formula is C19H24N2O3S. The average Bonchev–Trinajstić information content (AvgIpc) is 2.61. The summed E-state index contributed by atoms with van der Waals surface area (Å²) in [5, 5.41) is 2.73. The Labute approximate surface area is 149 Å². The van der Waals surface area contributed by atoms with Crippen LogP contribution in [0.25, 0.3) is 0 Å². The van der Waals surface area contributed by atoms with Crippen molar-refractivity contribution in [3.8, 4) is 0 Å². The Bertz CT molecular complexity index is 787. The van der Waals surface area contributed by atoms with Crippen molar-refractivity contribution in [3.05, 3.63) is 60.2 Å². The minimum atomic E-state index is -3.72. The van der Waals surface area contributed by atoms with Crippen LogP contribution in [-0.4, -0.2) is 20.4 Å². The van der Waals surface area contributed by atoms with Crippen molar-refractivity contribution in [1.82, 2.24) is 4.72 Å². The van der Waals surface area contributed by atoms with E-state index in [0.29, 0.717) is 5.69 Å². The van der Waals surface area contributed by atoms with Crippen molar-refractivity contribution in [1.29, 1.82) is 0 Å². The zero-order valence-corrected chi connectivity index (χ0v) is 15.3. The molecule has 0 aliphatic heterocycles. The molecule has 0 unspecified atom stereocenters. The van der Waals surface area contributed by atoms with Gasteiger partial charge in [0.2, 0.25) is 15.9 Å². The first-order valence-electron chi connectivity index (χ1n) is 8.39.